The maximum absolute atomic E-state index is 12.3. The van der Waals surface area contributed by atoms with E-state index in [2.05, 4.69) is 55.0 Å². The number of hydrogen-bond acceptors (Lipinski definition) is 7. The number of rotatable bonds is 12. The molecule has 1 N–H and O–H groups in total. The molecule has 4 aromatic rings. The van der Waals surface area contributed by atoms with Gasteiger partial charge in [0, 0.05) is 18.5 Å². The monoisotopic (exact) mass is 507 g/mol. The predicted molar refractivity (Wildman–Crippen MR) is 148 cm³/mol. The summed E-state index contributed by atoms with van der Waals surface area (Å²) in [5.74, 6) is 1.05. The first kappa shape index (κ1) is 26.7. The molecule has 8 heteroatoms. The highest BCUT2D eigenvalue weighted by Gasteiger charge is 2.05. The molecule has 0 saturated carbocycles. The summed E-state index contributed by atoms with van der Waals surface area (Å²) in [4.78, 5) is 12.3. The van der Waals surface area contributed by atoms with Gasteiger partial charge in [-0.1, -0.05) is 61.9 Å². The molecule has 0 unspecified atom stereocenters. The Kier molecular flexibility index (Phi) is 9.73. The number of benzene rings is 3. The normalized spacial score (nSPS) is 11.1. The number of azo groups is 1. The molecule has 3 aromatic carbocycles. The van der Waals surface area contributed by atoms with Crippen molar-refractivity contribution in [3.8, 4) is 11.4 Å². The van der Waals surface area contributed by atoms with Crippen LogP contribution in [0.25, 0.3) is 11.4 Å². The Balaban J connectivity index is 1.16. The van der Waals surface area contributed by atoms with Gasteiger partial charge in [0.25, 0.3) is 0 Å². The Morgan fingerprint density at radius 1 is 0.711 bits per heavy atom. The van der Waals surface area contributed by atoms with E-state index in [1.165, 1.54) is 24.0 Å². The van der Waals surface area contributed by atoms with Crippen LogP contribution in [0.3, 0.4) is 0 Å². The van der Waals surface area contributed by atoms with E-state index < -0.39 is 0 Å². The second-order valence-corrected chi connectivity index (χ2v) is 9.23. The number of hydrogen-bond donors (Lipinski definition) is 1. The van der Waals surface area contributed by atoms with Gasteiger partial charge in [-0.15, -0.1) is 20.4 Å². The maximum atomic E-state index is 12.3. The number of carbonyl (C=O) groups is 1. The number of amides is 1. The molecule has 0 radical (unpaired) electrons. The fourth-order valence-electron chi connectivity index (χ4n) is 3.86. The Hall–Kier alpha value is -4.33. The van der Waals surface area contributed by atoms with Crippen molar-refractivity contribution in [3.05, 3.63) is 95.3 Å². The van der Waals surface area contributed by atoms with Crippen molar-refractivity contribution in [2.24, 2.45) is 10.2 Å². The molecule has 1 aromatic heterocycles. The summed E-state index contributed by atoms with van der Waals surface area (Å²) in [5.41, 5.74) is 6.02. The lowest BCUT2D eigenvalue weighted by Gasteiger charge is -2.07. The molecule has 0 aliphatic carbocycles. The number of nitrogens with one attached hydrogen (secondary N) is 1. The van der Waals surface area contributed by atoms with Gasteiger partial charge in [0.2, 0.25) is 11.7 Å². The van der Waals surface area contributed by atoms with E-state index in [0.29, 0.717) is 24.6 Å². The van der Waals surface area contributed by atoms with Crippen LogP contribution in [0.4, 0.5) is 11.4 Å². The fraction of sp³-hybridized carbons (Fsp3) is 0.300. The molecule has 0 spiro atoms. The first-order valence-electron chi connectivity index (χ1n) is 13.1. The van der Waals surface area contributed by atoms with E-state index in [9.17, 15) is 4.79 Å². The smallest absolute Gasteiger partial charge is 0.220 e. The van der Waals surface area contributed by atoms with Gasteiger partial charge in [0.15, 0.2) is 5.82 Å². The number of aryl methyl sites for hydroxylation is 3. The van der Waals surface area contributed by atoms with Crippen molar-refractivity contribution in [1.29, 1.82) is 0 Å². The Bertz CT molecular complexity index is 1320. The number of carbonyl (C=O) groups excluding carboxylic acids is 1. The highest BCUT2D eigenvalue weighted by Crippen LogP contribution is 2.20. The van der Waals surface area contributed by atoms with Gasteiger partial charge in [0.1, 0.15) is 0 Å². The van der Waals surface area contributed by atoms with Crippen LogP contribution in [0.15, 0.2) is 83.0 Å². The molecule has 8 nitrogen and oxygen atoms in total. The zero-order valence-electron chi connectivity index (χ0n) is 22.0. The number of nitrogens with zero attached hydrogens (tertiary/aromatic N) is 6. The van der Waals surface area contributed by atoms with E-state index in [1.807, 2.05) is 60.7 Å². The summed E-state index contributed by atoms with van der Waals surface area (Å²) < 4.78 is 0. The van der Waals surface area contributed by atoms with Gasteiger partial charge >= 0.3 is 0 Å². The molecule has 38 heavy (non-hydrogen) atoms. The standard InChI is InChI=1S/C30H33N7O/c1-3-4-6-23-11-17-27(18-12-23)34-35-28-19-13-24(14-20-28)7-5-8-29(38)31-21-25-9-15-26(16-10-25)30-36-32-22(2)33-37-30/h9-20H,3-8,21H2,1-2H3,(H,31,38). The average Bonchev–Trinajstić information content (AvgIpc) is 2.96. The van der Waals surface area contributed by atoms with Gasteiger partial charge in [-0.2, -0.15) is 10.2 Å². The van der Waals surface area contributed by atoms with E-state index in [-0.39, 0.29) is 5.91 Å². The van der Waals surface area contributed by atoms with E-state index in [0.717, 1.165) is 41.8 Å². The highest BCUT2D eigenvalue weighted by molar-refractivity contribution is 5.75. The maximum Gasteiger partial charge on any atom is 0.220 e. The first-order valence-corrected chi connectivity index (χ1v) is 13.1. The lowest BCUT2D eigenvalue weighted by Crippen LogP contribution is -2.22. The van der Waals surface area contributed by atoms with Crippen LogP contribution in [0.1, 0.15) is 55.1 Å². The van der Waals surface area contributed by atoms with E-state index in [1.54, 1.807) is 6.92 Å². The van der Waals surface area contributed by atoms with Crippen molar-refractivity contribution in [1.82, 2.24) is 25.7 Å². The fourth-order valence-corrected chi connectivity index (χ4v) is 3.86. The Morgan fingerprint density at radius 2 is 1.24 bits per heavy atom. The Morgan fingerprint density at radius 3 is 1.79 bits per heavy atom. The largest absolute Gasteiger partial charge is 0.352 e. The minimum Gasteiger partial charge on any atom is -0.352 e. The molecular weight excluding hydrogens is 474 g/mol. The third-order valence-corrected chi connectivity index (χ3v) is 6.12. The number of unbranched alkanes of at least 4 members (excludes halogenated alkanes) is 1. The molecule has 4 rings (SSSR count). The third kappa shape index (κ3) is 8.37. The molecule has 1 amide bonds. The van der Waals surface area contributed by atoms with Crippen molar-refractivity contribution in [3.63, 3.8) is 0 Å². The minimum atomic E-state index is 0.0375. The van der Waals surface area contributed by atoms with Gasteiger partial charge in [0.05, 0.1) is 11.4 Å². The second kappa shape index (κ2) is 13.8. The summed E-state index contributed by atoms with van der Waals surface area (Å²) >= 11 is 0. The molecule has 0 aliphatic heterocycles. The number of aromatic nitrogens is 4. The molecular formula is C30H33N7O. The van der Waals surface area contributed by atoms with Crippen LogP contribution >= 0.6 is 0 Å². The zero-order valence-corrected chi connectivity index (χ0v) is 22.0. The molecule has 0 bridgehead atoms. The molecule has 1 heterocycles. The molecule has 0 atom stereocenters. The zero-order chi connectivity index (χ0) is 26.6. The van der Waals surface area contributed by atoms with Crippen molar-refractivity contribution >= 4 is 17.3 Å². The molecule has 0 aliphatic rings. The SMILES string of the molecule is CCCCc1ccc(N=Nc2ccc(CCCC(=O)NCc3ccc(-c4nnc(C)nn4)cc3)cc2)cc1. The van der Waals surface area contributed by atoms with Crippen molar-refractivity contribution in [2.75, 3.05) is 0 Å². The third-order valence-electron chi connectivity index (χ3n) is 6.12. The Labute approximate surface area is 223 Å². The second-order valence-electron chi connectivity index (χ2n) is 9.23. The lowest BCUT2D eigenvalue weighted by molar-refractivity contribution is -0.121. The van der Waals surface area contributed by atoms with E-state index in [4.69, 9.17) is 0 Å². The minimum absolute atomic E-state index is 0.0375. The molecule has 194 valence electrons. The summed E-state index contributed by atoms with van der Waals surface area (Å²) in [6.07, 6.45) is 5.59. The van der Waals surface area contributed by atoms with Crippen LogP contribution < -0.4 is 5.32 Å². The quantitative estimate of drug-likeness (QED) is 0.216. The summed E-state index contributed by atoms with van der Waals surface area (Å²) in [6, 6.07) is 24.0. The first-order chi connectivity index (χ1) is 18.6. The van der Waals surface area contributed by atoms with Gasteiger partial charge in [-0.3, -0.25) is 4.79 Å². The van der Waals surface area contributed by atoms with Crippen LogP contribution in [-0.2, 0) is 24.2 Å². The van der Waals surface area contributed by atoms with Gasteiger partial charge < -0.3 is 5.32 Å². The van der Waals surface area contributed by atoms with Crippen molar-refractivity contribution < 1.29 is 4.79 Å². The summed E-state index contributed by atoms with van der Waals surface area (Å²) in [5, 5.41) is 27.6. The van der Waals surface area contributed by atoms with E-state index >= 15 is 0 Å². The van der Waals surface area contributed by atoms with Crippen LogP contribution in [0.5, 0.6) is 0 Å². The van der Waals surface area contributed by atoms with Gasteiger partial charge in [-0.25, -0.2) is 0 Å². The van der Waals surface area contributed by atoms with Crippen LogP contribution in [-0.4, -0.2) is 26.3 Å². The van der Waals surface area contributed by atoms with Crippen LogP contribution in [0, 0.1) is 6.92 Å². The molecule has 0 saturated heterocycles. The highest BCUT2D eigenvalue weighted by atomic mass is 16.1. The molecule has 0 fully saturated rings. The summed E-state index contributed by atoms with van der Waals surface area (Å²) in [6.45, 7) is 4.42. The van der Waals surface area contributed by atoms with Gasteiger partial charge in [-0.05, 0) is 73.6 Å². The average molecular weight is 508 g/mol. The lowest BCUT2D eigenvalue weighted by atomic mass is 10.1. The summed E-state index contributed by atoms with van der Waals surface area (Å²) in [7, 11) is 0. The van der Waals surface area contributed by atoms with Crippen molar-refractivity contribution in [2.45, 2.75) is 58.9 Å². The van der Waals surface area contributed by atoms with Crippen LogP contribution in [0.2, 0.25) is 0 Å². The predicted octanol–water partition coefficient (Wildman–Crippen LogP) is 6.64. The topological polar surface area (TPSA) is 105 Å².